The summed E-state index contributed by atoms with van der Waals surface area (Å²) in [5.74, 6) is 0.673. The maximum Gasteiger partial charge on any atom is 0.242 e. The number of rotatable bonds is 7. The van der Waals surface area contributed by atoms with Crippen LogP contribution in [0.15, 0.2) is 28.6 Å². The Morgan fingerprint density at radius 1 is 1.33 bits per heavy atom. The van der Waals surface area contributed by atoms with E-state index in [1.807, 2.05) is 12.3 Å². The lowest BCUT2D eigenvalue weighted by atomic mass is 10.4. The third-order valence-corrected chi connectivity index (χ3v) is 5.04. The maximum atomic E-state index is 12.1. The van der Waals surface area contributed by atoms with E-state index in [-0.39, 0.29) is 11.4 Å². The zero-order valence-electron chi connectivity index (χ0n) is 12.0. The molecule has 0 radical (unpaired) electrons. The Labute approximate surface area is 128 Å². The summed E-state index contributed by atoms with van der Waals surface area (Å²) in [6, 6.07) is 3.21. The van der Waals surface area contributed by atoms with Crippen molar-refractivity contribution >= 4 is 27.2 Å². The lowest BCUT2D eigenvalue weighted by Gasteiger charge is -2.07. The number of aryl methyl sites for hydroxylation is 1. The molecule has 0 bridgehead atoms. The van der Waals surface area contributed by atoms with Crippen LogP contribution in [0.3, 0.4) is 0 Å². The molecular weight excluding hydrogens is 308 g/mol. The van der Waals surface area contributed by atoms with E-state index in [0.717, 1.165) is 23.7 Å². The zero-order chi connectivity index (χ0) is 15.3. The van der Waals surface area contributed by atoms with Crippen LogP contribution in [-0.2, 0) is 16.6 Å². The highest BCUT2D eigenvalue weighted by molar-refractivity contribution is 7.89. The molecular formula is C13H18N4O2S2. The van der Waals surface area contributed by atoms with Gasteiger partial charge in [-0.15, -0.1) is 11.3 Å². The van der Waals surface area contributed by atoms with Crippen molar-refractivity contribution in [2.75, 3.05) is 11.9 Å². The Balaban J connectivity index is 2.01. The molecule has 0 saturated heterocycles. The SMILES string of the molecule is CCCNc1ccc(S(=O)(=O)NCc2nc(C)cs2)cn1. The maximum absolute atomic E-state index is 12.1. The third kappa shape index (κ3) is 4.48. The highest BCUT2D eigenvalue weighted by atomic mass is 32.2. The van der Waals surface area contributed by atoms with Gasteiger partial charge in [0.1, 0.15) is 15.7 Å². The molecule has 21 heavy (non-hydrogen) atoms. The summed E-state index contributed by atoms with van der Waals surface area (Å²) in [7, 11) is -3.56. The van der Waals surface area contributed by atoms with Crippen LogP contribution in [0.1, 0.15) is 24.0 Å². The second-order valence-electron chi connectivity index (χ2n) is 4.51. The number of sulfonamides is 1. The quantitative estimate of drug-likeness (QED) is 0.814. The van der Waals surface area contributed by atoms with Crippen molar-refractivity contribution in [1.29, 1.82) is 0 Å². The second-order valence-corrected chi connectivity index (χ2v) is 7.22. The first kappa shape index (κ1) is 15.9. The molecule has 2 aromatic rings. The monoisotopic (exact) mass is 326 g/mol. The van der Waals surface area contributed by atoms with Gasteiger partial charge in [-0.05, 0) is 25.5 Å². The summed E-state index contributed by atoms with van der Waals surface area (Å²) in [6.45, 7) is 4.92. The van der Waals surface area contributed by atoms with Gasteiger partial charge in [-0.25, -0.2) is 23.1 Å². The Hall–Kier alpha value is -1.51. The van der Waals surface area contributed by atoms with Crippen LogP contribution in [0, 0.1) is 6.92 Å². The van der Waals surface area contributed by atoms with Crippen molar-refractivity contribution in [2.45, 2.75) is 31.7 Å². The van der Waals surface area contributed by atoms with E-state index in [1.54, 1.807) is 12.1 Å². The fourth-order valence-electron chi connectivity index (χ4n) is 1.62. The van der Waals surface area contributed by atoms with E-state index in [2.05, 4.69) is 26.9 Å². The highest BCUT2D eigenvalue weighted by Crippen LogP contribution is 2.13. The second kappa shape index (κ2) is 6.97. The standard InChI is InChI=1S/C13H18N4O2S2/c1-3-6-14-12-5-4-11(7-15-12)21(18,19)16-8-13-17-10(2)9-20-13/h4-5,7,9,16H,3,6,8H2,1-2H3,(H,14,15). The molecule has 2 aromatic heterocycles. The molecule has 0 aliphatic carbocycles. The van der Waals surface area contributed by atoms with Gasteiger partial charge >= 0.3 is 0 Å². The van der Waals surface area contributed by atoms with E-state index in [9.17, 15) is 8.42 Å². The molecule has 0 saturated carbocycles. The van der Waals surface area contributed by atoms with Crippen LogP contribution >= 0.6 is 11.3 Å². The average Bonchev–Trinajstić information content (AvgIpc) is 2.89. The van der Waals surface area contributed by atoms with Gasteiger partial charge in [-0.1, -0.05) is 6.92 Å². The Kier molecular flexibility index (Phi) is 5.27. The molecule has 6 nitrogen and oxygen atoms in total. The molecule has 0 unspecified atom stereocenters. The number of pyridine rings is 1. The van der Waals surface area contributed by atoms with Crippen LogP contribution in [0.5, 0.6) is 0 Å². The van der Waals surface area contributed by atoms with Crippen molar-refractivity contribution in [1.82, 2.24) is 14.7 Å². The first-order chi connectivity index (χ1) is 10.0. The largest absolute Gasteiger partial charge is 0.370 e. The molecule has 0 fully saturated rings. The fraction of sp³-hybridized carbons (Fsp3) is 0.385. The summed E-state index contributed by atoms with van der Waals surface area (Å²) in [5, 5.41) is 5.73. The summed E-state index contributed by atoms with van der Waals surface area (Å²) in [6.07, 6.45) is 2.34. The van der Waals surface area contributed by atoms with Gasteiger partial charge in [-0.3, -0.25) is 0 Å². The predicted octanol–water partition coefficient (Wildman–Crippen LogP) is 2.15. The molecule has 0 aliphatic heterocycles. The van der Waals surface area contributed by atoms with Crippen molar-refractivity contribution in [3.05, 3.63) is 34.4 Å². The van der Waals surface area contributed by atoms with Crippen LogP contribution in [0.4, 0.5) is 5.82 Å². The van der Waals surface area contributed by atoms with Gasteiger partial charge in [0.2, 0.25) is 10.0 Å². The molecule has 2 rings (SSSR count). The predicted molar refractivity (Wildman–Crippen MR) is 83.9 cm³/mol. The van der Waals surface area contributed by atoms with Crippen LogP contribution in [-0.4, -0.2) is 24.9 Å². The minimum Gasteiger partial charge on any atom is -0.370 e. The molecule has 0 aliphatic rings. The first-order valence-electron chi connectivity index (χ1n) is 6.62. The smallest absolute Gasteiger partial charge is 0.242 e. The normalized spacial score (nSPS) is 11.5. The van der Waals surface area contributed by atoms with Crippen molar-refractivity contribution in [3.8, 4) is 0 Å². The average molecular weight is 326 g/mol. The third-order valence-electron chi connectivity index (χ3n) is 2.68. The topological polar surface area (TPSA) is 84.0 Å². The van der Waals surface area contributed by atoms with Gasteiger partial charge in [0, 0.05) is 23.8 Å². The number of aromatic nitrogens is 2. The number of anilines is 1. The minimum atomic E-state index is -3.56. The van der Waals surface area contributed by atoms with Gasteiger partial charge in [0.05, 0.1) is 6.54 Å². The molecule has 2 heterocycles. The Morgan fingerprint density at radius 2 is 2.14 bits per heavy atom. The molecule has 0 aromatic carbocycles. The van der Waals surface area contributed by atoms with Gasteiger partial charge in [-0.2, -0.15) is 0 Å². The fourth-order valence-corrected chi connectivity index (χ4v) is 3.36. The van der Waals surface area contributed by atoms with Crippen molar-refractivity contribution < 1.29 is 8.42 Å². The number of hydrogen-bond acceptors (Lipinski definition) is 6. The van der Waals surface area contributed by atoms with Crippen LogP contribution < -0.4 is 10.0 Å². The first-order valence-corrected chi connectivity index (χ1v) is 8.98. The molecule has 0 atom stereocenters. The summed E-state index contributed by atoms with van der Waals surface area (Å²) < 4.78 is 26.8. The molecule has 8 heteroatoms. The van der Waals surface area contributed by atoms with Crippen molar-refractivity contribution in [2.24, 2.45) is 0 Å². The van der Waals surface area contributed by atoms with Gasteiger partial charge < -0.3 is 5.32 Å². The number of thiazole rings is 1. The van der Waals surface area contributed by atoms with E-state index in [4.69, 9.17) is 0 Å². The Bertz CT molecular complexity index is 680. The van der Waals surface area contributed by atoms with E-state index < -0.39 is 10.0 Å². The molecule has 2 N–H and O–H groups in total. The van der Waals surface area contributed by atoms with Crippen LogP contribution in [0.25, 0.3) is 0 Å². The molecule has 0 amide bonds. The van der Waals surface area contributed by atoms with E-state index >= 15 is 0 Å². The number of nitrogens with one attached hydrogen (secondary N) is 2. The summed E-state index contributed by atoms with van der Waals surface area (Å²) in [4.78, 5) is 8.47. The minimum absolute atomic E-state index is 0.151. The lowest BCUT2D eigenvalue weighted by Crippen LogP contribution is -2.23. The summed E-state index contributed by atoms with van der Waals surface area (Å²) >= 11 is 1.43. The van der Waals surface area contributed by atoms with Crippen molar-refractivity contribution in [3.63, 3.8) is 0 Å². The number of nitrogens with zero attached hydrogens (tertiary/aromatic N) is 2. The Morgan fingerprint density at radius 3 is 2.71 bits per heavy atom. The number of hydrogen-bond donors (Lipinski definition) is 2. The van der Waals surface area contributed by atoms with Gasteiger partial charge in [0.25, 0.3) is 0 Å². The molecule has 114 valence electrons. The van der Waals surface area contributed by atoms with Gasteiger partial charge in [0.15, 0.2) is 0 Å². The van der Waals surface area contributed by atoms with Crippen LogP contribution in [0.2, 0.25) is 0 Å². The summed E-state index contributed by atoms with van der Waals surface area (Å²) in [5.41, 5.74) is 0.891. The molecule has 0 spiro atoms. The zero-order valence-corrected chi connectivity index (χ0v) is 13.6. The van der Waals surface area contributed by atoms with E-state index in [1.165, 1.54) is 17.5 Å². The highest BCUT2D eigenvalue weighted by Gasteiger charge is 2.15. The van der Waals surface area contributed by atoms with E-state index in [0.29, 0.717) is 5.82 Å². The lowest BCUT2D eigenvalue weighted by molar-refractivity contribution is 0.580.